The Hall–Kier alpha value is -1.82. The van der Waals surface area contributed by atoms with Crippen molar-refractivity contribution in [3.63, 3.8) is 0 Å². The van der Waals surface area contributed by atoms with Crippen LogP contribution in [0.4, 0.5) is 5.69 Å². The Bertz CT molecular complexity index is 473. The van der Waals surface area contributed by atoms with Crippen LogP contribution in [0.1, 0.15) is 24.5 Å². The molecule has 1 aromatic carbocycles. The van der Waals surface area contributed by atoms with Crippen molar-refractivity contribution in [3.8, 4) is 6.07 Å². The molecule has 0 radical (unpaired) electrons. The van der Waals surface area contributed by atoms with Crippen LogP contribution in [0, 0.1) is 17.2 Å². The average molecular weight is 214 g/mol. The highest BCUT2D eigenvalue weighted by Crippen LogP contribution is 2.28. The number of nitrogens with zero attached hydrogens (tertiary/aromatic N) is 2. The largest absolute Gasteiger partial charge is 0.315 e. The molecule has 0 spiro atoms. The van der Waals surface area contributed by atoms with Gasteiger partial charge in [0.15, 0.2) is 0 Å². The summed E-state index contributed by atoms with van der Waals surface area (Å²) in [5.41, 5.74) is 2.64. The molecule has 1 aliphatic heterocycles. The predicted molar refractivity (Wildman–Crippen MR) is 62.1 cm³/mol. The normalized spacial score (nSPS) is 19.9. The van der Waals surface area contributed by atoms with Gasteiger partial charge < -0.3 is 4.90 Å². The standard InChI is InChI=1S/C13H14N2O/c1-9-3-5-11-6-4-10(8-14)7-12(11)15(2)13(9)16/h4,6-7,9H,3,5H2,1-2H3/t9-/m0/s1. The van der Waals surface area contributed by atoms with E-state index in [0.29, 0.717) is 5.56 Å². The first-order valence-corrected chi connectivity index (χ1v) is 5.44. The van der Waals surface area contributed by atoms with E-state index in [4.69, 9.17) is 5.26 Å². The van der Waals surface area contributed by atoms with Gasteiger partial charge in [-0.15, -0.1) is 0 Å². The van der Waals surface area contributed by atoms with Gasteiger partial charge in [-0.2, -0.15) is 5.26 Å². The summed E-state index contributed by atoms with van der Waals surface area (Å²) in [5.74, 6) is 0.191. The number of fused-ring (bicyclic) bond motifs is 1. The topological polar surface area (TPSA) is 44.1 Å². The lowest BCUT2D eigenvalue weighted by molar-refractivity contribution is -0.121. The minimum Gasteiger partial charge on any atom is -0.315 e. The number of carbonyl (C=O) groups excluding carboxylic acids is 1. The first kappa shape index (κ1) is 10.7. The molecule has 0 unspecified atom stereocenters. The second kappa shape index (κ2) is 3.97. The van der Waals surface area contributed by atoms with E-state index < -0.39 is 0 Å². The molecule has 1 heterocycles. The smallest absolute Gasteiger partial charge is 0.229 e. The zero-order valence-corrected chi connectivity index (χ0v) is 9.53. The van der Waals surface area contributed by atoms with E-state index in [9.17, 15) is 4.79 Å². The molecule has 2 rings (SSSR count). The fraction of sp³-hybridized carbons (Fsp3) is 0.385. The number of hydrogen-bond acceptors (Lipinski definition) is 2. The number of carbonyl (C=O) groups is 1. The predicted octanol–water partition coefficient (Wildman–Crippen LogP) is 2.10. The fourth-order valence-corrected chi connectivity index (χ4v) is 2.10. The van der Waals surface area contributed by atoms with E-state index in [1.807, 2.05) is 19.1 Å². The SMILES string of the molecule is C[C@H]1CCc2ccc(C#N)cc2N(C)C1=O. The van der Waals surface area contributed by atoms with Crippen LogP contribution in [-0.2, 0) is 11.2 Å². The van der Waals surface area contributed by atoms with Gasteiger partial charge in [-0.1, -0.05) is 13.0 Å². The minimum absolute atomic E-state index is 0.0583. The number of nitriles is 1. The zero-order chi connectivity index (χ0) is 11.7. The van der Waals surface area contributed by atoms with Crippen LogP contribution in [0.5, 0.6) is 0 Å². The maximum Gasteiger partial charge on any atom is 0.229 e. The highest BCUT2D eigenvalue weighted by Gasteiger charge is 2.24. The second-order valence-corrected chi connectivity index (χ2v) is 4.29. The van der Waals surface area contributed by atoms with Crippen LogP contribution >= 0.6 is 0 Å². The number of hydrogen-bond donors (Lipinski definition) is 0. The van der Waals surface area contributed by atoms with Crippen molar-refractivity contribution in [2.75, 3.05) is 11.9 Å². The number of rotatable bonds is 0. The first-order valence-electron chi connectivity index (χ1n) is 5.44. The Morgan fingerprint density at radius 3 is 2.94 bits per heavy atom. The number of anilines is 1. The average Bonchev–Trinajstić information content (AvgIpc) is 2.42. The molecular formula is C13H14N2O. The molecule has 0 aromatic heterocycles. The Morgan fingerprint density at radius 2 is 2.25 bits per heavy atom. The third kappa shape index (κ3) is 1.67. The van der Waals surface area contributed by atoms with Gasteiger partial charge in [-0.3, -0.25) is 4.79 Å². The molecule has 0 saturated heterocycles. The Kier molecular flexibility index (Phi) is 2.66. The van der Waals surface area contributed by atoms with Gasteiger partial charge in [0.05, 0.1) is 11.6 Å². The third-order valence-corrected chi connectivity index (χ3v) is 3.17. The van der Waals surface area contributed by atoms with Gasteiger partial charge in [0.25, 0.3) is 0 Å². The van der Waals surface area contributed by atoms with Crippen LogP contribution in [0.15, 0.2) is 18.2 Å². The molecule has 1 aromatic rings. The van der Waals surface area contributed by atoms with Gasteiger partial charge >= 0.3 is 0 Å². The summed E-state index contributed by atoms with van der Waals surface area (Å²) in [4.78, 5) is 13.6. The van der Waals surface area contributed by atoms with Crippen molar-refractivity contribution in [1.29, 1.82) is 5.26 Å². The fourth-order valence-electron chi connectivity index (χ4n) is 2.10. The highest BCUT2D eigenvalue weighted by molar-refractivity contribution is 5.96. The number of benzene rings is 1. The van der Waals surface area contributed by atoms with E-state index in [2.05, 4.69) is 6.07 Å². The van der Waals surface area contributed by atoms with Crippen molar-refractivity contribution in [2.45, 2.75) is 19.8 Å². The summed E-state index contributed by atoms with van der Waals surface area (Å²) >= 11 is 0. The van der Waals surface area contributed by atoms with Gasteiger partial charge in [-0.25, -0.2) is 0 Å². The van der Waals surface area contributed by atoms with Crippen LogP contribution in [-0.4, -0.2) is 13.0 Å². The van der Waals surface area contributed by atoms with Crippen LogP contribution < -0.4 is 4.90 Å². The van der Waals surface area contributed by atoms with Gasteiger partial charge in [-0.05, 0) is 30.5 Å². The van der Waals surface area contributed by atoms with E-state index in [1.54, 1.807) is 18.0 Å². The molecule has 0 saturated carbocycles. The quantitative estimate of drug-likeness (QED) is 0.663. The summed E-state index contributed by atoms with van der Waals surface area (Å²) in [6.45, 7) is 1.95. The van der Waals surface area contributed by atoms with Crippen molar-refractivity contribution in [1.82, 2.24) is 0 Å². The molecule has 0 aliphatic carbocycles. The molecule has 0 bridgehead atoms. The summed E-state index contributed by atoms with van der Waals surface area (Å²) < 4.78 is 0. The zero-order valence-electron chi connectivity index (χ0n) is 9.53. The molecule has 1 aliphatic rings. The van der Waals surface area contributed by atoms with Crippen molar-refractivity contribution in [3.05, 3.63) is 29.3 Å². The monoisotopic (exact) mass is 214 g/mol. The third-order valence-electron chi connectivity index (χ3n) is 3.17. The van der Waals surface area contributed by atoms with Crippen molar-refractivity contribution < 1.29 is 4.79 Å². The highest BCUT2D eigenvalue weighted by atomic mass is 16.2. The lowest BCUT2D eigenvalue weighted by Crippen LogP contribution is -2.30. The summed E-state index contributed by atoms with van der Waals surface area (Å²) in [7, 11) is 1.78. The molecule has 1 atom stereocenters. The van der Waals surface area contributed by atoms with E-state index in [-0.39, 0.29) is 11.8 Å². The van der Waals surface area contributed by atoms with E-state index in [0.717, 1.165) is 24.1 Å². The molecule has 3 heteroatoms. The number of aryl methyl sites for hydroxylation is 1. The maximum absolute atomic E-state index is 12.0. The Labute approximate surface area is 95.3 Å². The summed E-state index contributed by atoms with van der Waals surface area (Å²) in [6, 6.07) is 7.67. The van der Waals surface area contributed by atoms with E-state index >= 15 is 0 Å². The molecule has 0 fully saturated rings. The lowest BCUT2D eigenvalue weighted by atomic mass is 10.0. The van der Waals surface area contributed by atoms with Crippen LogP contribution in [0.25, 0.3) is 0 Å². The Balaban J connectivity index is 2.50. The van der Waals surface area contributed by atoms with Crippen molar-refractivity contribution >= 4 is 11.6 Å². The van der Waals surface area contributed by atoms with E-state index in [1.165, 1.54) is 0 Å². The molecule has 0 N–H and O–H groups in total. The summed E-state index contributed by atoms with van der Waals surface area (Å²) in [5, 5.41) is 8.86. The van der Waals surface area contributed by atoms with Gasteiger partial charge in [0.1, 0.15) is 0 Å². The Morgan fingerprint density at radius 1 is 1.50 bits per heavy atom. The minimum atomic E-state index is 0.0583. The summed E-state index contributed by atoms with van der Waals surface area (Å²) in [6.07, 6.45) is 1.78. The molecule has 82 valence electrons. The van der Waals surface area contributed by atoms with Crippen LogP contribution in [0.3, 0.4) is 0 Å². The molecule has 1 amide bonds. The maximum atomic E-state index is 12.0. The molecule has 3 nitrogen and oxygen atoms in total. The molecular weight excluding hydrogens is 200 g/mol. The van der Waals surface area contributed by atoms with Gasteiger partial charge in [0.2, 0.25) is 5.91 Å². The number of amides is 1. The van der Waals surface area contributed by atoms with Crippen molar-refractivity contribution in [2.24, 2.45) is 5.92 Å². The van der Waals surface area contributed by atoms with Gasteiger partial charge in [0, 0.05) is 18.7 Å². The molecule has 16 heavy (non-hydrogen) atoms. The first-order chi connectivity index (χ1) is 7.63. The second-order valence-electron chi connectivity index (χ2n) is 4.29. The lowest BCUT2D eigenvalue weighted by Gasteiger charge is -2.19. The van der Waals surface area contributed by atoms with Crippen LogP contribution in [0.2, 0.25) is 0 Å².